The molecule has 0 aromatic heterocycles. The van der Waals surface area contributed by atoms with Crippen molar-refractivity contribution in [1.82, 2.24) is 0 Å². The Morgan fingerprint density at radius 1 is 0.679 bits per heavy atom. The predicted octanol–water partition coefficient (Wildman–Crippen LogP) is 7.85. The number of rotatable bonds is 13. The minimum absolute atomic E-state index is 0.130. The van der Waals surface area contributed by atoms with Crippen LogP contribution in [0, 0.1) is 0 Å². The van der Waals surface area contributed by atoms with Crippen LogP contribution in [0.4, 0.5) is 0 Å². The molecule has 0 bridgehead atoms. The predicted molar refractivity (Wildman–Crippen MR) is 125 cm³/mol. The van der Waals surface area contributed by atoms with Crippen molar-refractivity contribution < 1.29 is 4.79 Å². The molecule has 0 amide bonds. The molecule has 0 saturated heterocycles. The third-order valence-corrected chi connectivity index (χ3v) is 21.4. The van der Waals surface area contributed by atoms with Crippen LogP contribution >= 0.6 is 0 Å². The Bertz CT molecular complexity index is 668. The summed E-state index contributed by atoms with van der Waals surface area (Å²) in [6.07, 6.45) is 8.20. The normalized spacial score (nSPS) is 11.5. The molecule has 0 fully saturated rings. The van der Waals surface area contributed by atoms with E-state index in [0.29, 0.717) is 0 Å². The SMILES string of the molecule is CCC[CH2][Sn]([CH2]CCC)([CH2]CCC)[CH2]c1ccc(C(=O)c2ccccc2)cc1. The van der Waals surface area contributed by atoms with Crippen LogP contribution < -0.4 is 0 Å². The zero-order valence-electron chi connectivity index (χ0n) is 18.2. The molecule has 1 nitrogen and oxygen atoms in total. The monoisotopic (exact) mass is 486 g/mol. The van der Waals surface area contributed by atoms with E-state index in [9.17, 15) is 4.79 Å². The molecule has 0 radical (unpaired) electrons. The van der Waals surface area contributed by atoms with Crippen molar-refractivity contribution in [2.24, 2.45) is 0 Å². The van der Waals surface area contributed by atoms with Crippen molar-refractivity contribution in [3.63, 3.8) is 0 Å². The summed E-state index contributed by atoms with van der Waals surface area (Å²) in [7, 11) is 0. The van der Waals surface area contributed by atoms with Gasteiger partial charge in [-0.15, -0.1) is 0 Å². The summed E-state index contributed by atoms with van der Waals surface area (Å²) in [6.45, 7) is 7.00. The molecule has 0 spiro atoms. The van der Waals surface area contributed by atoms with Gasteiger partial charge in [-0.1, -0.05) is 0 Å². The van der Waals surface area contributed by atoms with Gasteiger partial charge in [0, 0.05) is 0 Å². The molecule has 2 rings (SSSR count). The van der Waals surface area contributed by atoms with Crippen LogP contribution in [0.25, 0.3) is 0 Å². The first-order valence-electron chi connectivity index (χ1n) is 11.3. The summed E-state index contributed by atoms with van der Waals surface area (Å²) >= 11 is -2.17. The van der Waals surface area contributed by atoms with Crippen LogP contribution in [-0.2, 0) is 4.44 Å². The van der Waals surface area contributed by atoms with Gasteiger partial charge in [-0.25, -0.2) is 0 Å². The fourth-order valence-electron chi connectivity index (χ4n) is 4.26. The first-order chi connectivity index (χ1) is 13.6. The maximum absolute atomic E-state index is 12.7. The number of hydrogen-bond acceptors (Lipinski definition) is 1. The van der Waals surface area contributed by atoms with Gasteiger partial charge >= 0.3 is 177 Å². The fraction of sp³-hybridized carbons (Fsp3) is 0.500. The van der Waals surface area contributed by atoms with Gasteiger partial charge in [0.15, 0.2) is 0 Å². The zero-order valence-corrected chi connectivity index (χ0v) is 21.0. The van der Waals surface area contributed by atoms with E-state index in [4.69, 9.17) is 0 Å². The van der Waals surface area contributed by atoms with Crippen molar-refractivity contribution >= 4 is 24.2 Å². The van der Waals surface area contributed by atoms with Crippen LogP contribution in [-0.4, -0.2) is 24.2 Å². The van der Waals surface area contributed by atoms with Crippen molar-refractivity contribution in [1.29, 1.82) is 0 Å². The second-order valence-corrected chi connectivity index (χ2v) is 22.2. The van der Waals surface area contributed by atoms with Gasteiger partial charge in [0.2, 0.25) is 0 Å². The first-order valence-corrected chi connectivity index (χ1v) is 19.4. The molecule has 0 N–H and O–H groups in total. The number of carbonyl (C=O) groups is 1. The summed E-state index contributed by atoms with van der Waals surface area (Å²) < 4.78 is 5.97. The minimum atomic E-state index is -2.17. The topological polar surface area (TPSA) is 17.1 Å². The summed E-state index contributed by atoms with van der Waals surface area (Å²) in [5.41, 5.74) is 3.06. The van der Waals surface area contributed by atoms with Gasteiger partial charge in [0.1, 0.15) is 0 Å². The molecule has 0 aliphatic heterocycles. The Hall–Kier alpha value is -1.09. The molecule has 2 aromatic rings. The summed E-state index contributed by atoms with van der Waals surface area (Å²) in [6, 6.07) is 18.2. The Morgan fingerprint density at radius 2 is 1.14 bits per heavy atom. The summed E-state index contributed by atoms with van der Waals surface area (Å²) in [5, 5.41) is 0. The van der Waals surface area contributed by atoms with E-state index < -0.39 is 18.4 Å². The average Bonchev–Trinajstić information content (AvgIpc) is 2.75. The van der Waals surface area contributed by atoms with E-state index in [1.165, 1.54) is 61.8 Å². The Morgan fingerprint density at radius 3 is 1.61 bits per heavy atom. The van der Waals surface area contributed by atoms with E-state index >= 15 is 0 Å². The zero-order chi connectivity index (χ0) is 20.2. The molecule has 0 saturated carbocycles. The van der Waals surface area contributed by atoms with Crippen molar-refractivity contribution in [2.45, 2.75) is 77.0 Å². The number of ketones is 1. The molecule has 0 heterocycles. The van der Waals surface area contributed by atoms with Crippen molar-refractivity contribution in [3.05, 3.63) is 71.3 Å². The number of carbonyl (C=O) groups excluding carboxylic acids is 1. The summed E-state index contributed by atoms with van der Waals surface area (Å²) in [4.78, 5) is 12.7. The molecule has 0 unspecified atom stereocenters. The van der Waals surface area contributed by atoms with Gasteiger partial charge in [0.25, 0.3) is 0 Å². The Labute approximate surface area is 176 Å². The van der Waals surface area contributed by atoms with Gasteiger partial charge in [-0.2, -0.15) is 0 Å². The number of hydrogen-bond donors (Lipinski definition) is 0. The fourth-order valence-corrected chi connectivity index (χ4v) is 20.5. The molecule has 0 aliphatic rings. The molecule has 28 heavy (non-hydrogen) atoms. The van der Waals surface area contributed by atoms with Gasteiger partial charge < -0.3 is 0 Å². The Balaban J connectivity index is 2.16. The van der Waals surface area contributed by atoms with E-state index in [-0.39, 0.29) is 5.78 Å². The van der Waals surface area contributed by atoms with E-state index in [1.807, 2.05) is 30.3 Å². The number of benzene rings is 2. The molecular weight excluding hydrogens is 447 g/mol. The van der Waals surface area contributed by atoms with E-state index in [0.717, 1.165) is 11.1 Å². The van der Waals surface area contributed by atoms with Crippen molar-refractivity contribution in [2.75, 3.05) is 0 Å². The van der Waals surface area contributed by atoms with Crippen LogP contribution in [0.2, 0.25) is 13.3 Å². The summed E-state index contributed by atoms with van der Waals surface area (Å²) in [5.74, 6) is 0.130. The first kappa shape index (κ1) is 23.2. The van der Waals surface area contributed by atoms with Crippen LogP contribution in [0.3, 0.4) is 0 Å². The third kappa shape index (κ3) is 7.06. The maximum atomic E-state index is 12.7. The molecule has 0 atom stereocenters. The number of unbranched alkanes of at least 4 members (excludes halogenated alkanes) is 3. The van der Waals surface area contributed by atoms with Crippen LogP contribution in [0.5, 0.6) is 0 Å². The second-order valence-electron chi connectivity index (χ2n) is 8.38. The molecule has 0 aliphatic carbocycles. The average molecular weight is 485 g/mol. The molecule has 2 aromatic carbocycles. The van der Waals surface area contributed by atoms with Crippen molar-refractivity contribution in [3.8, 4) is 0 Å². The quantitative estimate of drug-likeness (QED) is 0.209. The standard InChI is InChI=1S/C14H11O.3C4H9.Sn/c1-11-7-9-13(10-8-11)14(15)12-5-3-2-4-6-12;3*1-3-4-2;/h2-10H,1H2;3*1,3-4H2,2H3;. The molecule has 2 heteroatoms. The molecule has 152 valence electrons. The van der Waals surface area contributed by atoms with E-state index in [1.54, 1.807) is 0 Å². The van der Waals surface area contributed by atoms with Crippen LogP contribution in [0.1, 0.15) is 80.8 Å². The van der Waals surface area contributed by atoms with E-state index in [2.05, 4.69) is 45.0 Å². The third-order valence-electron chi connectivity index (χ3n) is 6.01. The second kappa shape index (κ2) is 12.5. The van der Waals surface area contributed by atoms with Gasteiger partial charge in [-0.3, -0.25) is 0 Å². The van der Waals surface area contributed by atoms with Gasteiger partial charge in [0.05, 0.1) is 0 Å². The molecular formula is C26H38OSn. The van der Waals surface area contributed by atoms with Gasteiger partial charge in [-0.05, 0) is 0 Å². The van der Waals surface area contributed by atoms with Crippen LogP contribution in [0.15, 0.2) is 54.6 Å². The Kier molecular flexibility index (Phi) is 10.3.